The van der Waals surface area contributed by atoms with E-state index in [-0.39, 0.29) is 0 Å². The molecule has 0 atom stereocenters. The molecule has 144 valence electrons. The van der Waals surface area contributed by atoms with Gasteiger partial charge in [0.15, 0.2) is 0 Å². The third kappa shape index (κ3) is 4.88. The first-order chi connectivity index (χ1) is 13.5. The first-order valence-corrected chi connectivity index (χ1v) is 10.0. The Morgan fingerprint density at radius 1 is 1.21 bits per heavy atom. The molecule has 3 aromatic rings. The van der Waals surface area contributed by atoms with Gasteiger partial charge in [0.1, 0.15) is 11.5 Å². The number of rotatable bonds is 6. The molecule has 3 rings (SSSR count). The van der Waals surface area contributed by atoms with E-state index in [1.54, 1.807) is 19.7 Å². The highest BCUT2D eigenvalue weighted by molar-refractivity contribution is 9.11. The molecule has 28 heavy (non-hydrogen) atoms. The average molecular weight is 505 g/mol. The number of aromatic nitrogens is 2. The molecule has 6 nitrogen and oxygen atoms in total. The first kappa shape index (κ1) is 20.3. The summed E-state index contributed by atoms with van der Waals surface area (Å²) in [7, 11) is 1.63. The minimum Gasteiger partial charge on any atom is -0.495 e. The number of imidazole rings is 1. The highest BCUT2D eigenvalue weighted by Crippen LogP contribution is 2.25. The number of aryl methyl sites for hydroxylation is 1. The molecule has 0 radical (unpaired) electrons. The summed E-state index contributed by atoms with van der Waals surface area (Å²) < 4.78 is 9.45. The van der Waals surface area contributed by atoms with E-state index in [1.807, 2.05) is 54.1 Å². The van der Waals surface area contributed by atoms with Crippen molar-refractivity contribution in [3.8, 4) is 11.4 Å². The number of methoxy groups -OCH3 is 1. The van der Waals surface area contributed by atoms with Crippen molar-refractivity contribution in [1.29, 1.82) is 0 Å². The summed E-state index contributed by atoms with van der Waals surface area (Å²) in [6, 6.07) is 11.8. The van der Waals surface area contributed by atoms with Crippen LogP contribution in [-0.4, -0.2) is 28.6 Å². The van der Waals surface area contributed by atoms with Crippen molar-refractivity contribution in [1.82, 2.24) is 9.55 Å². The number of hydrogen-bond donors (Lipinski definition) is 1. The van der Waals surface area contributed by atoms with Crippen molar-refractivity contribution >= 4 is 43.8 Å². The van der Waals surface area contributed by atoms with E-state index in [1.165, 1.54) is 0 Å². The quantitative estimate of drug-likeness (QED) is 0.301. The van der Waals surface area contributed by atoms with Gasteiger partial charge in [0.05, 0.1) is 31.4 Å². The van der Waals surface area contributed by atoms with E-state index in [9.17, 15) is 0 Å². The van der Waals surface area contributed by atoms with Crippen molar-refractivity contribution in [3.63, 3.8) is 0 Å². The Labute approximate surface area is 180 Å². The molecule has 0 aliphatic rings. The SMILES string of the molecule is COc1cc(/C(C=NCc2cc(Br)cc(Br)c2)=N/N)ccc1-n1cnc(C)c1. The van der Waals surface area contributed by atoms with Crippen LogP contribution in [0.1, 0.15) is 16.8 Å². The van der Waals surface area contributed by atoms with Gasteiger partial charge in [0, 0.05) is 26.9 Å². The smallest absolute Gasteiger partial charge is 0.143 e. The third-order valence-electron chi connectivity index (χ3n) is 4.01. The molecule has 0 aliphatic carbocycles. The van der Waals surface area contributed by atoms with Gasteiger partial charge < -0.3 is 15.1 Å². The molecule has 8 heteroatoms. The van der Waals surface area contributed by atoms with Crippen LogP contribution in [0.15, 0.2) is 68.0 Å². The van der Waals surface area contributed by atoms with E-state index >= 15 is 0 Å². The molecule has 0 saturated carbocycles. The lowest BCUT2D eigenvalue weighted by atomic mass is 10.1. The molecular weight excluding hydrogens is 486 g/mol. The van der Waals surface area contributed by atoms with Crippen LogP contribution in [0, 0.1) is 6.92 Å². The minimum absolute atomic E-state index is 0.514. The molecule has 2 N–H and O–H groups in total. The van der Waals surface area contributed by atoms with Crippen LogP contribution >= 0.6 is 31.9 Å². The molecular formula is C20H19Br2N5O. The van der Waals surface area contributed by atoms with Gasteiger partial charge in [0.25, 0.3) is 0 Å². The predicted molar refractivity (Wildman–Crippen MR) is 120 cm³/mol. The fraction of sp³-hybridized carbons (Fsp3) is 0.150. The van der Waals surface area contributed by atoms with Crippen LogP contribution in [0.2, 0.25) is 0 Å². The number of aliphatic imine (C=N–C) groups is 1. The number of halogens is 2. The molecule has 0 spiro atoms. The molecule has 2 aromatic carbocycles. The lowest BCUT2D eigenvalue weighted by molar-refractivity contribution is 0.413. The second kappa shape index (κ2) is 9.16. The topological polar surface area (TPSA) is 77.8 Å². The lowest BCUT2D eigenvalue weighted by Crippen LogP contribution is -2.07. The van der Waals surface area contributed by atoms with Gasteiger partial charge in [0.2, 0.25) is 0 Å². The van der Waals surface area contributed by atoms with Crippen molar-refractivity contribution in [2.45, 2.75) is 13.5 Å². The molecule has 0 amide bonds. The van der Waals surface area contributed by atoms with Gasteiger partial charge >= 0.3 is 0 Å². The maximum atomic E-state index is 5.60. The van der Waals surface area contributed by atoms with Crippen LogP contribution in [-0.2, 0) is 6.54 Å². The molecule has 0 saturated heterocycles. The maximum absolute atomic E-state index is 5.60. The second-order valence-corrected chi connectivity index (χ2v) is 7.90. The monoisotopic (exact) mass is 503 g/mol. The summed E-state index contributed by atoms with van der Waals surface area (Å²) in [5.41, 5.74) is 4.28. The summed E-state index contributed by atoms with van der Waals surface area (Å²) in [6.45, 7) is 2.46. The standard InChI is InChI=1S/C20H19Br2N5O/c1-13-11-27(12-25-13)19-4-3-15(7-20(19)28-2)18(26-23)10-24-9-14-5-16(21)8-17(22)6-14/h3-8,10-12H,9,23H2,1-2H3/b24-10?,26-18+. The van der Waals surface area contributed by atoms with Gasteiger partial charge in [-0.3, -0.25) is 4.99 Å². The van der Waals surface area contributed by atoms with E-state index in [0.717, 1.165) is 31.5 Å². The molecule has 0 fully saturated rings. The summed E-state index contributed by atoms with van der Waals surface area (Å²) >= 11 is 6.96. The number of benzene rings is 2. The fourth-order valence-corrected chi connectivity index (χ4v) is 4.11. The van der Waals surface area contributed by atoms with Crippen molar-refractivity contribution < 1.29 is 4.74 Å². The number of nitrogens with zero attached hydrogens (tertiary/aromatic N) is 4. The lowest BCUT2D eigenvalue weighted by Gasteiger charge is -2.11. The Hall–Kier alpha value is -2.45. The number of hydrazone groups is 1. The number of ether oxygens (including phenoxy) is 1. The van der Waals surface area contributed by atoms with Crippen molar-refractivity contribution in [2.24, 2.45) is 15.9 Å². The van der Waals surface area contributed by atoms with E-state index < -0.39 is 0 Å². The Morgan fingerprint density at radius 2 is 1.96 bits per heavy atom. The number of hydrogen-bond acceptors (Lipinski definition) is 5. The van der Waals surface area contributed by atoms with Crippen LogP contribution in [0.25, 0.3) is 5.69 Å². The zero-order valence-corrected chi connectivity index (χ0v) is 18.6. The molecule has 0 unspecified atom stereocenters. The molecule has 1 heterocycles. The van der Waals surface area contributed by atoms with Crippen LogP contribution in [0.3, 0.4) is 0 Å². The van der Waals surface area contributed by atoms with Crippen molar-refractivity contribution in [3.05, 3.63) is 74.7 Å². The van der Waals surface area contributed by atoms with Gasteiger partial charge in [-0.05, 0) is 42.8 Å². The largest absolute Gasteiger partial charge is 0.495 e. The van der Waals surface area contributed by atoms with Gasteiger partial charge in [-0.1, -0.05) is 37.9 Å². The van der Waals surface area contributed by atoms with Crippen LogP contribution in [0.5, 0.6) is 5.75 Å². The Kier molecular flexibility index (Phi) is 6.64. The normalized spacial score (nSPS) is 11.9. The summed E-state index contributed by atoms with van der Waals surface area (Å²) in [4.78, 5) is 8.74. The third-order valence-corrected chi connectivity index (χ3v) is 4.93. The molecule has 1 aromatic heterocycles. The zero-order chi connectivity index (χ0) is 20.1. The van der Waals surface area contributed by atoms with E-state index in [4.69, 9.17) is 10.6 Å². The molecule has 0 bridgehead atoms. The average Bonchev–Trinajstić information content (AvgIpc) is 3.10. The fourth-order valence-electron chi connectivity index (χ4n) is 2.73. The maximum Gasteiger partial charge on any atom is 0.143 e. The zero-order valence-electron chi connectivity index (χ0n) is 15.4. The van der Waals surface area contributed by atoms with Gasteiger partial charge in [-0.15, -0.1) is 0 Å². The van der Waals surface area contributed by atoms with E-state index in [0.29, 0.717) is 18.0 Å². The summed E-state index contributed by atoms with van der Waals surface area (Å²) in [5, 5.41) is 3.88. The van der Waals surface area contributed by atoms with E-state index in [2.05, 4.69) is 46.9 Å². The minimum atomic E-state index is 0.514. The first-order valence-electron chi connectivity index (χ1n) is 8.42. The van der Waals surface area contributed by atoms with Crippen molar-refractivity contribution in [2.75, 3.05) is 7.11 Å². The Morgan fingerprint density at radius 3 is 2.57 bits per heavy atom. The highest BCUT2D eigenvalue weighted by atomic mass is 79.9. The Bertz CT molecular complexity index is 1020. The summed E-state index contributed by atoms with van der Waals surface area (Å²) in [5.74, 6) is 6.30. The van der Waals surface area contributed by atoms with Gasteiger partial charge in [-0.25, -0.2) is 4.98 Å². The molecule has 0 aliphatic heterocycles. The van der Waals surface area contributed by atoms with Crippen LogP contribution in [0.4, 0.5) is 0 Å². The Balaban J connectivity index is 1.82. The predicted octanol–water partition coefficient (Wildman–Crippen LogP) is 4.65. The van der Waals surface area contributed by atoms with Crippen LogP contribution < -0.4 is 10.6 Å². The summed E-state index contributed by atoms with van der Waals surface area (Å²) in [6.07, 6.45) is 5.36. The van der Waals surface area contributed by atoms with Gasteiger partial charge in [-0.2, -0.15) is 5.10 Å². The highest BCUT2D eigenvalue weighted by Gasteiger charge is 2.10. The number of nitrogens with two attached hydrogens (primary N) is 1. The second-order valence-electron chi connectivity index (χ2n) is 6.07.